The van der Waals surface area contributed by atoms with Crippen LogP contribution in [-0.2, 0) is 11.2 Å². The van der Waals surface area contributed by atoms with Gasteiger partial charge in [0.1, 0.15) is 0 Å². The first-order chi connectivity index (χ1) is 11.4. The Morgan fingerprint density at radius 2 is 1.83 bits per heavy atom. The number of amides is 2. The minimum atomic E-state index is -1.11. The summed E-state index contributed by atoms with van der Waals surface area (Å²) < 4.78 is 26.0. The Kier molecular flexibility index (Phi) is 5.63. The number of anilines is 1. The molecule has 2 amide bonds. The zero-order valence-corrected chi connectivity index (χ0v) is 13.5. The lowest BCUT2D eigenvalue weighted by molar-refractivity contribution is -0.115. The molecule has 4 nitrogen and oxygen atoms in total. The van der Waals surface area contributed by atoms with Gasteiger partial charge in [-0.3, -0.25) is 9.59 Å². The second kappa shape index (κ2) is 7.68. The molecule has 0 saturated heterocycles. The van der Waals surface area contributed by atoms with E-state index in [1.807, 2.05) is 32.0 Å². The van der Waals surface area contributed by atoms with Gasteiger partial charge in [0.25, 0.3) is 5.91 Å². The van der Waals surface area contributed by atoms with E-state index in [-0.39, 0.29) is 12.1 Å². The molecule has 0 bridgehead atoms. The molecule has 0 saturated carbocycles. The lowest BCUT2D eigenvalue weighted by Gasteiger charge is -2.13. The van der Waals surface area contributed by atoms with Gasteiger partial charge in [-0.15, -0.1) is 0 Å². The summed E-state index contributed by atoms with van der Waals surface area (Å²) in [7, 11) is 0. The summed E-state index contributed by atoms with van der Waals surface area (Å²) in [5, 5.41) is 5.15. The summed E-state index contributed by atoms with van der Waals surface area (Å²) in [5.74, 6) is -3.19. The molecule has 0 atom stereocenters. The smallest absolute Gasteiger partial charge is 0.251 e. The molecule has 0 aliphatic rings. The van der Waals surface area contributed by atoms with Gasteiger partial charge in [-0.2, -0.15) is 0 Å². The van der Waals surface area contributed by atoms with E-state index in [0.29, 0.717) is 0 Å². The van der Waals surface area contributed by atoms with E-state index in [1.54, 1.807) is 0 Å². The van der Waals surface area contributed by atoms with Crippen molar-refractivity contribution in [2.45, 2.75) is 20.3 Å². The SMILES string of the molecule is CCc1cccc(C)c1NC(=O)CNC(=O)c1ccc(F)c(F)c1. The molecule has 6 heteroatoms. The Bertz CT molecular complexity index is 776. The van der Waals surface area contributed by atoms with Crippen molar-refractivity contribution in [2.24, 2.45) is 0 Å². The lowest BCUT2D eigenvalue weighted by atomic mass is 10.1. The van der Waals surface area contributed by atoms with Gasteiger partial charge in [-0.25, -0.2) is 8.78 Å². The van der Waals surface area contributed by atoms with Gasteiger partial charge in [0, 0.05) is 11.3 Å². The highest BCUT2D eigenvalue weighted by molar-refractivity contribution is 5.99. The van der Waals surface area contributed by atoms with Gasteiger partial charge in [0.05, 0.1) is 6.54 Å². The number of halogens is 2. The van der Waals surface area contributed by atoms with Crippen molar-refractivity contribution < 1.29 is 18.4 Å². The van der Waals surface area contributed by atoms with Crippen molar-refractivity contribution in [2.75, 3.05) is 11.9 Å². The zero-order chi connectivity index (χ0) is 17.7. The highest BCUT2D eigenvalue weighted by atomic mass is 19.2. The molecule has 0 fully saturated rings. The van der Waals surface area contributed by atoms with Crippen molar-refractivity contribution in [3.63, 3.8) is 0 Å². The molecule has 2 aromatic rings. The average molecular weight is 332 g/mol. The fourth-order valence-electron chi connectivity index (χ4n) is 2.29. The Balaban J connectivity index is 1.98. The molecule has 0 heterocycles. The standard InChI is InChI=1S/C18H18F2N2O2/c1-3-12-6-4-5-11(2)17(12)22-16(23)10-21-18(24)13-7-8-14(19)15(20)9-13/h4-9H,3,10H2,1-2H3,(H,21,24)(H,22,23). The van der Waals surface area contributed by atoms with Crippen molar-refractivity contribution in [3.8, 4) is 0 Å². The third kappa shape index (κ3) is 4.16. The maximum Gasteiger partial charge on any atom is 0.251 e. The molecule has 0 aliphatic heterocycles. The van der Waals surface area contributed by atoms with Crippen LogP contribution in [0.4, 0.5) is 14.5 Å². The molecule has 0 radical (unpaired) electrons. The Morgan fingerprint density at radius 3 is 2.50 bits per heavy atom. The predicted octanol–water partition coefficient (Wildman–Crippen LogP) is 3.20. The van der Waals surface area contributed by atoms with Crippen LogP contribution >= 0.6 is 0 Å². The monoisotopic (exact) mass is 332 g/mol. The van der Waals surface area contributed by atoms with Crippen LogP contribution < -0.4 is 10.6 Å². The molecule has 0 unspecified atom stereocenters. The summed E-state index contributed by atoms with van der Waals surface area (Å²) in [4.78, 5) is 23.9. The van der Waals surface area contributed by atoms with Gasteiger partial charge >= 0.3 is 0 Å². The van der Waals surface area contributed by atoms with Gasteiger partial charge in [0.15, 0.2) is 11.6 Å². The van der Waals surface area contributed by atoms with Crippen LogP contribution in [-0.4, -0.2) is 18.4 Å². The number of carbonyl (C=O) groups excluding carboxylic acids is 2. The van der Waals surface area contributed by atoms with Crippen molar-refractivity contribution in [1.82, 2.24) is 5.32 Å². The predicted molar refractivity (Wildman–Crippen MR) is 87.9 cm³/mol. The van der Waals surface area contributed by atoms with Crippen LogP contribution in [0.1, 0.15) is 28.4 Å². The fraction of sp³-hybridized carbons (Fsp3) is 0.222. The first-order valence-electron chi connectivity index (χ1n) is 7.54. The van der Waals surface area contributed by atoms with Gasteiger partial charge in [-0.05, 0) is 42.7 Å². The van der Waals surface area contributed by atoms with Crippen molar-refractivity contribution in [3.05, 3.63) is 64.7 Å². The van der Waals surface area contributed by atoms with Crippen molar-refractivity contribution in [1.29, 1.82) is 0 Å². The van der Waals surface area contributed by atoms with Gasteiger partial charge in [0.2, 0.25) is 5.91 Å². The average Bonchev–Trinajstić information content (AvgIpc) is 2.57. The highest BCUT2D eigenvalue weighted by Crippen LogP contribution is 2.20. The Hall–Kier alpha value is -2.76. The van der Waals surface area contributed by atoms with E-state index < -0.39 is 23.4 Å². The quantitative estimate of drug-likeness (QED) is 0.883. The second-order valence-electron chi connectivity index (χ2n) is 5.32. The lowest BCUT2D eigenvalue weighted by Crippen LogP contribution is -2.33. The second-order valence-corrected chi connectivity index (χ2v) is 5.32. The molecule has 2 rings (SSSR count). The van der Waals surface area contributed by atoms with Gasteiger partial charge in [-0.1, -0.05) is 25.1 Å². The van der Waals surface area contributed by atoms with Crippen molar-refractivity contribution >= 4 is 17.5 Å². The molecule has 2 aromatic carbocycles. The molecular weight excluding hydrogens is 314 g/mol. The Labute approximate surface area is 138 Å². The largest absolute Gasteiger partial charge is 0.343 e. The van der Waals surface area contributed by atoms with Crippen LogP contribution in [0.5, 0.6) is 0 Å². The van der Waals surface area contributed by atoms with Gasteiger partial charge < -0.3 is 10.6 Å². The summed E-state index contributed by atoms with van der Waals surface area (Å²) in [5.41, 5.74) is 2.60. The molecule has 24 heavy (non-hydrogen) atoms. The number of aryl methyl sites for hydroxylation is 2. The van der Waals surface area contributed by atoms with Crippen LogP contribution in [0, 0.1) is 18.6 Å². The summed E-state index contributed by atoms with van der Waals surface area (Å²) in [6, 6.07) is 8.53. The van der Waals surface area contributed by atoms with E-state index >= 15 is 0 Å². The number of carbonyl (C=O) groups is 2. The first-order valence-corrected chi connectivity index (χ1v) is 7.54. The molecule has 0 spiro atoms. The maximum absolute atomic E-state index is 13.1. The highest BCUT2D eigenvalue weighted by Gasteiger charge is 2.12. The number of para-hydroxylation sites is 1. The zero-order valence-electron chi connectivity index (χ0n) is 13.5. The minimum Gasteiger partial charge on any atom is -0.343 e. The third-order valence-corrected chi connectivity index (χ3v) is 3.60. The fourth-order valence-corrected chi connectivity index (χ4v) is 2.29. The summed E-state index contributed by atoms with van der Waals surface area (Å²) in [6.45, 7) is 3.60. The summed E-state index contributed by atoms with van der Waals surface area (Å²) in [6.07, 6.45) is 0.762. The van der Waals surface area contributed by atoms with Crippen LogP contribution in [0.25, 0.3) is 0 Å². The molecule has 2 N–H and O–H groups in total. The molecular formula is C18H18F2N2O2. The van der Waals surface area contributed by atoms with E-state index in [2.05, 4.69) is 10.6 Å². The number of rotatable bonds is 5. The van der Waals surface area contributed by atoms with E-state index in [0.717, 1.165) is 41.4 Å². The molecule has 126 valence electrons. The maximum atomic E-state index is 13.1. The van der Waals surface area contributed by atoms with Crippen LogP contribution in [0.3, 0.4) is 0 Å². The molecule has 0 aliphatic carbocycles. The topological polar surface area (TPSA) is 58.2 Å². The Morgan fingerprint density at radius 1 is 1.08 bits per heavy atom. The van der Waals surface area contributed by atoms with E-state index in [4.69, 9.17) is 0 Å². The van der Waals surface area contributed by atoms with E-state index in [9.17, 15) is 18.4 Å². The van der Waals surface area contributed by atoms with Crippen LogP contribution in [0.15, 0.2) is 36.4 Å². The third-order valence-electron chi connectivity index (χ3n) is 3.60. The number of benzene rings is 2. The van der Waals surface area contributed by atoms with Crippen LogP contribution in [0.2, 0.25) is 0 Å². The normalized spacial score (nSPS) is 10.3. The molecule has 0 aromatic heterocycles. The first kappa shape index (κ1) is 17.6. The minimum absolute atomic E-state index is 0.0492. The summed E-state index contributed by atoms with van der Waals surface area (Å²) >= 11 is 0. The number of hydrogen-bond donors (Lipinski definition) is 2. The number of hydrogen-bond acceptors (Lipinski definition) is 2. The van der Waals surface area contributed by atoms with E-state index in [1.165, 1.54) is 0 Å². The number of nitrogens with one attached hydrogen (secondary N) is 2.